The minimum atomic E-state index is -0.445. The topological polar surface area (TPSA) is 76.4 Å². The summed E-state index contributed by atoms with van der Waals surface area (Å²) in [6.07, 6.45) is 6.85. The molecule has 0 saturated heterocycles. The van der Waals surface area contributed by atoms with Gasteiger partial charge in [0.25, 0.3) is 0 Å². The number of ether oxygens (including phenoxy) is 1. The lowest BCUT2D eigenvalue weighted by molar-refractivity contribution is 0.0489. The van der Waals surface area contributed by atoms with Gasteiger partial charge in [-0.2, -0.15) is 0 Å². The van der Waals surface area contributed by atoms with E-state index in [-0.39, 0.29) is 12.1 Å². The average molecular weight is 295 g/mol. The number of nitrogens with zero attached hydrogens (tertiary/aromatic N) is 1. The Labute approximate surface area is 125 Å². The van der Waals surface area contributed by atoms with Crippen LogP contribution in [0.15, 0.2) is 17.0 Å². The predicted molar refractivity (Wildman–Crippen MR) is 78.8 cm³/mol. The smallest absolute Gasteiger partial charge is 0.407 e. The van der Waals surface area contributed by atoms with E-state index in [0.717, 1.165) is 31.4 Å². The van der Waals surface area contributed by atoms with Gasteiger partial charge in [-0.15, -0.1) is 0 Å². The summed E-state index contributed by atoms with van der Waals surface area (Å²) in [5.41, 5.74) is -0.445. The van der Waals surface area contributed by atoms with Crippen LogP contribution in [0.4, 0.5) is 4.79 Å². The number of rotatable bonds is 4. The molecule has 6 heteroatoms. The lowest BCUT2D eigenvalue weighted by Gasteiger charge is -2.30. The molecule has 0 unspecified atom stereocenters. The molecule has 1 aliphatic carbocycles. The second-order valence-electron chi connectivity index (χ2n) is 6.54. The van der Waals surface area contributed by atoms with Gasteiger partial charge in [0.1, 0.15) is 11.4 Å². The molecule has 0 bridgehead atoms. The fourth-order valence-electron chi connectivity index (χ4n) is 2.49. The molecule has 21 heavy (non-hydrogen) atoms. The van der Waals surface area contributed by atoms with Gasteiger partial charge in [0.15, 0.2) is 6.39 Å². The van der Waals surface area contributed by atoms with E-state index < -0.39 is 5.60 Å². The molecule has 1 amide bonds. The first-order chi connectivity index (χ1) is 9.92. The molecule has 2 rings (SSSR count). The maximum atomic E-state index is 11.7. The Kier molecular flexibility index (Phi) is 5.22. The Bertz CT molecular complexity index is 432. The number of hydrogen-bond acceptors (Lipinski definition) is 5. The second-order valence-corrected chi connectivity index (χ2v) is 6.54. The van der Waals surface area contributed by atoms with Crippen LogP contribution in [0.3, 0.4) is 0 Å². The minimum absolute atomic E-state index is 0.211. The van der Waals surface area contributed by atoms with Gasteiger partial charge in [0, 0.05) is 12.1 Å². The second kappa shape index (κ2) is 6.93. The van der Waals surface area contributed by atoms with E-state index in [2.05, 4.69) is 15.6 Å². The fraction of sp³-hybridized carbons (Fsp3) is 0.733. The summed E-state index contributed by atoms with van der Waals surface area (Å²) >= 11 is 0. The average Bonchev–Trinajstić information content (AvgIpc) is 2.89. The largest absolute Gasteiger partial charge is 0.447 e. The van der Waals surface area contributed by atoms with Gasteiger partial charge >= 0.3 is 6.09 Å². The first kappa shape index (κ1) is 15.8. The van der Waals surface area contributed by atoms with Gasteiger partial charge in [-0.3, -0.25) is 0 Å². The first-order valence-electron chi connectivity index (χ1n) is 7.52. The first-order valence-corrected chi connectivity index (χ1v) is 7.52. The van der Waals surface area contributed by atoms with Gasteiger partial charge in [0.2, 0.25) is 0 Å². The zero-order chi connectivity index (χ0) is 15.3. The highest BCUT2D eigenvalue weighted by Crippen LogP contribution is 2.19. The SMILES string of the molecule is CC(C)(C)OC(=O)NC1CCC(NCc2cnco2)CC1. The van der Waals surface area contributed by atoms with Crippen molar-refractivity contribution in [2.45, 2.75) is 70.7 Å². The van der Waals surface area contributed by atoms with Gasteiger partial charge in [-0.25, -0.2) is 9.78 Å². The van der Waals surface area contributed by atoms with Crippen LogP contribution in [-0.2, 0) is 11.3 Å². The van der Waals surface area contributed by atoms with Crippen LogP contribution in [0.1, 0.15) is 52.2 Å². The number of oxazole rings is 1. The van der Waals surface area contributed by atoms with Crippen molar-refractivity contribution >= 4 is 6.09 Å². The normalized spacial score (nSPS) is 22.8. The van der Waals surface area contributed by atoms with Crippen molar-refractivity contribution in [3.8, 4) is 0 Å². The Balaban J connectivity index is 1.65. The van der Waals surface area contributed by atoms with E-state index in [1.165, 1.54) is 6.39 Å². The fourth-order valence-corrected chi connectivity index (χ4v) is 2.49. The van der Waals surface area contributed by atoms with E-state index >= 15 is 0 Å². The van der Waals surface area contributed by atoms with Crippen molar-refractivity contribution in [2.24, 2.45) is 0 Å². The summed E-state index contributed by atoms with van der Waals surface area (Å²) in [6.45, 7) is 6.32. The highest BCUT2D eigenvalue weighted by molar-refractivity contribution is 5.68. The van der Waals surface area contributed by atoms with Crippen LogP contribution in [0.25, 0.3) is 0 Å². The maximum Gasteiger partial charge on any atom is 0.407 e. The zero-order valence-electron chi connectivity index (χ0n) is 13.0. The Morgan fingerprint density at radius 2 is 2.00 bits per heavy atom. The third-order valence-electron chi connectivity index (χ3n) is 3.50. The molecule has 1 fully saturated rings. The third kappa shape index (κ3) is 5.75. The molecule has 118 valence electrons. The van der Waals surface area contributed by atoms with Crippen LogP contribution in [0, 0.1) is 0 Å². The van der Waals surface area contributed by atoms with E-state index in [4.69, 9.17) is 9.15 Å². The highest BCUT2D eigenvalue weighted by Gasteiger charge is 2.24. The number of carbonyl (C=O) groups excluding carboxylic acids is 1. The quantitative estimate of drug-likeness (QED) is 0.893. The van der Waals surface area contributed by atoms with Crippen molar-refractivity contribution in [1.29, 1.82) is 0 Å². The molecular formula is C15H25N3O3. The van der Waals surface area contributed by atoms with Gasteiger partial charge in [-0.05, 0) is 46.5 Å². The molecule has 0 aromatic carbocycles. The molecule has 1 aromatic heterocycles. The molecule has 1 heterocycles. The van der Waals surface area contributed by atoms with Gasteiger partial charge in [-0.1, -0.05) is 0 Å². The van der Waals surface area contributed by atoms with Crippen molar-refractivity contribution in [3.63, 3.8) is 0 Å². The lowest BCUT2D eigenvalue weighted by Crippen LogP contribution is -2.43. The molecule has 6 nitrogen and oxygen atoms in total. The van der Waals surface area contributed by atoms with Crippen molar-refractivity contribution in [1.82, 2.24) is 15.6 Å². The molecular weight excluding hydrogens is 270 g/mol. The summed E-state index contributed by atoms with van der Waals surface area (Å²) < 4.78 is 10.5. The summed E-state index contributed by atoms with van der Waals surface area (Å²) in [6, 6.07) is 0.676. The third-order valence-corrected chi connectivity index (χ3v) is 3.50. The number of nitrogens with one attached hydrogen (secondary N) is 2. The predicted octanol–water partition coefficient (Wildman–Crippen LogP) is 2.60. The number of aromatic nitrogens is 1. The monoisotopic (exact) mass is 295 g/mol. The van der Waals surface area contributed by atoms with Crippen LogP contribution in [0.5, 0.6) is 0 Å². The van der Waals surface area contributed by atoms with E-state index in [0.29, 0.717) is 12.6 Å². The van der Waals surface area contributed by atoms with Gasteiger partial charge in [0.05, 0.1) is 12.7 Å². The molecule has 1 saturated carbocycles. The van der Waals surface area contributed by atoms with Gasteiger partial charge < -0.3 is 19.8 Å². The minimum Gasteiger partial charge on any atom is -0.447 e. The molecule has 0 atom stereocenters. The number of carbonyl (C=O) groups is 1. The molecule has 0 radical (unpaired) electrons. The summed E-state index contributed by atoms with van der Waals surface area (Å²) in [4.78, 5) is 15.6. The zero-order valence-corrected chi connectivity index (χ0v) is 13.0. The molecule has 1 aliphatic rings. The highest BCUT2D eigenvalue weighted by atomic mass is 16.6. The van der Waals surface area contributed by atoms with E-state index in [1.54, 1.807) is 6.20 Å². The Morgan fingerprint density at radius 3 is 2.57 bits per heavy atom. The van der Waals surface area contributed by atoms with E-state index in [1.807, 2.05) is 20.8 Å². The molecule has 0 aliphatic heterocycles. The molecule has 0 spiro atoms. The van der Waals surface area contributed by atoms with Crippen LogP contribution >= 0.6 is 0 Å². The number of alkyl carbamates (subject to hydrolysis) is 1. The summed E-state index contributed by atoms with van der Waals surface area (Å²) in [7, 11) is 0. The van der Waals surface area contributed by atoms with Crippen LogP contribution in [0.2, 0.25) is 0 Å². The summed E-state index contributed by atoms with van der Waals surface area (Å²) in [5, 5.41) is 6.41. The Morgan fingerprint density at radius 1 is 1.33 bits per heavy atom. The van der Waals surface area contributed by atoms with Crippen molar-refractivity contribution in [2.75, 3.05) is 0 Å². The number of amides is 1. The standard InChI is InChI=1S/C15H25N3O3/c1-15(2,3)21-14(19)18-12-6-4-11(5-7-12)17-9-13-8-16-10-20-13/h8,10-12,17H,4-7,9H2,1-3H3,(H,18,19). The van der Waals surface area contributed by atoms with Crippen LogP contribution in [-0.4, -0.2) is 28.8 Å². The van der Waals surface area contributed by atoms with E-state index in [9.17, 15) is 4.79 Å². The molecule has 2 N–H and O–H groups in total. The van der Waals surface area contributed by atoms with Crippen LogP contribution < -0.4 is 10.6 Å². The Hall–Kier alpha value is -1.56. The maximum absolute atomic E-state index is 11.7. The van der Waals surface area contributed by atoms with Crippen molar-refractivity contribution in [3.05, 3.63) is 18.4 Å². The summed E-state index contributed by atoms with van der Waals surface area (Å²) in [5.74, 6) is 0.851. The molecule has 1 aromatic rings. The number of hydrogen-bond donors (Lipinski definition) is 2. The lowest BCUT2D eigenvalue weighted by atomic mass is 9.91. The van der Waals surface area contributed by atoms with Crippen molar-refractivity contribution < 1.29 is 13.9 Å².